The molecule has 1 aliphatic heterocycles. The molecule has 1 aliphatic carbocycles. The van der Waals surface area contributed by atoms with Crippen molar-refractivity contribution in [3.63, 3.8) is 0 Å². The van der Waals surface area contributed by atoms with Gasteiger partial charge in [-0.3, -0.25) is 9.48 Å². The van der Waals surface area contributed by atoms with Crippen LogP contribution >= 0.6 is 0 Å². The van der Waals surface area contributed by atoms with Crippen LogP contribution in [0.4, 0.5) is 5.69 Å². The van der Waals surface area contributed by atoms with Gasteiger partial charge in [-0.15, -0.1) is 0 Å². The summed E-state index contributed by atoms with van der Waals surface area (Å²) < 4.78 is 31.3. The van der Waals surface area contributed by atoms with Crippen LogP contribution in [0.15, 0.2) is 48.7 Å². The Morgan fingerprint density at radius 1 is 1.13 bits per heavy atom. The van der Waals surface area contributed by atoms with E-state index < -0.39 is 9.84 Å². The Morgan fingerprint density at radius 2 is 1.97 bits per heavy atom. The summed E-state index contributed by atoms with van der Waals surface area (Å²) >= 11 is 0. The maximum absolute atomic E-state index is 13.2. The van der Waals surface area contributed by atoms with Gasteiger partial charge in [0.05, 0.1) is 23.2 Å². The largest absolute Gasteiger partial charge is 0.439 e. The average molecular weight is 439 g/mol. The highest BCUT2D eigenvalue weighted by atomic mass is 32.2. The molecular formula is C22H22N4O4S. The molecule has 1 N–H and O–H groups in total. The molecule has 1 aromatic carbocycles. The van der Waals surface area contributed by atoms with Gasteiger partial charge in [0, 0.05) is 23.5 Å². The molecule has 1 unspecified atom stereocenters. The third-order valence-corrected chi connectivity index (χ3v) is 7.42. The smallest absolute Gasteiger partial charge is 0.274 e. The quantitative estimate of drug-likeness (QED) is 0.656. The van der Waals surface area contributed by atoms with E-state index in [1.54, 1.807) is 41.2 Å². The minimum absolute atomic E-state index is 0.0351. The van der Waals surface area contributed by atoms with Crippen molar-refractivity contribution in [2.45, 2.75) is 31.7 Å². The fraction of sp³-hybridized carbons (Fsp3) is 0.318. The third-order valence-electron chi connectivity index (χ3n) is 5.67. The molecule has 160 valence electrons. The van der Waals surface area contributed by atoms with Crippen molar-refractivity contribution < 1.29 is 17.9 Å². The first-order chi connectivity index (χ1) is 15.0. The van der Waals surface area contributed by atoms with Crippen LogP contribution in [0.25, 0.3) is 0 Å². The van der Waals surface area contributed by atoms with E-state index in [0.29, 0.717) is 29.4 Å². The van der Waals surface area contributed by atoms with Crippen LogP contribution < -0.4 is 10.1 Å². The Morgan fingerprint density at radius 3 is 2.68 bits per heavy atom. The van der Waals surface area contributed by atoms with Gasteiger partial charge in [-0.25, -0.2) is 13.4 Å². The average Bonchev–Trinajstić information content (AvgIpc) is 3.44. The number of nitrogens with zero attached hydrogens (tertiary/aromatic N) is 3. The fourth-order valence-corrected chi connectivity index (χ4v) is 5.90. The monoisotopic (exact) mass is 438 g/mol. The van der Waals surface area contributed by atoms with Gasteiger partial charge < -0.3 is 10.1 Å². The summed E-state index contributed by atoms with van der Waals surface area (Å²) in [5.41, 5.74) is 2.96. The molecule has 0 saturated carbocycles. The second-order valence-corrected chi connectivity index (χ2v) is 10.1. The summed E-state index contributed by atoms with van der Waals surface area (Å²) in [5.74, 6) is 1.01. The summed E-state index contributed by atoms with van der Waals surface area (Å²) in [4.78, 5) is 17.3. The molecule has 3 heterocycles. The minimum atomic E-state index is -3.08. The first-order valence-corrected chi connectivity index (χ1v) is 12.1. The highest BCUT2D eigenvalue weighted by molar-refractivity contribution is 7.91. The van der Waals surface area contributed by atoms with E-state index in [1.165, 1.54) is 0 Å². The van der Waals surface area contributed by atoms with Gasteiger partial charge in [-0.2, -0.15) is 5.10 Å². The van der Waals surface area contributed by atoms with Crippen molar-refractivity contribution in [2.75, 3.05) is 16.8 Å². The number of rotatable bonds is 5. The second-order valence-electron chi connectivity index (χ2n) is 7.88. The molecule has 8 nitrogen and oxygen atoms in total. The first-order valence-electron chi connectivity index (χ1n) is 10.3. The number of ether oxygens (including phenoxy) is 1. The van der Waals surface area contributed by atoms with Gasteiger partial charge in [0.25, 0.3) is 5.91 Å². The van der Waals surface area contributed by atoms with Gasteiger partial charge in [0.2, 0.25) is 5.88 Å². The maximum Gasteiger partial charge on any atom is 0.274 e. The van der Waals surface area contributed by atoms with Crippen molar-refractivity contribution in [1.82, 2.24) is 14.8 Å². The molecule has 2 aliphatic rings. The van der Waals surface area contributed by atoms with E-state index in [0.717, 1.165) is 30.5 Å². The normalized spacial score (nSPS) is 19.2. The highest BCUT2D eigenvalue weighted by Crippen LogP contribution is 2.32. The maximum atomic E-state index is 13.2. The Kier molecular flexibility index (Phi) is 4.97. The van der Waals surface area contributed by atoms with Gasteiger partial charge in [0.1, 0.15) is 11.4 Å². The molecule has 2 aromatic heterocycles. The molecule has 1 saturated heterocycles. The zero-order chi connectivity index (χ0) is 21.4. The number of benzene rings is 1. The number of carbonyl (C=O) groups excluding carboxylic acids is 1. The predicted octanol–water partition coefficient (Wildman–Crippen LogP) is 3.17. The Balaban J connectivity index is 1.36. The molecule has 1 amide bonds. The molecule has 5 rings (SSSR count). The van der Waals surface area contributed by atoms with E-state index in [1.807, 2.05) is 12.1 Å². The SMILES string of the molecule is O=C(Nc1ccc(Oc2ccccn2)cc1)c1c2c(nn1C1CCS(=O)(=O)C1)CCC2. The van der Waals surface area contributed by atoms with E-state index in [9.17, 15) is 13.2 Å². The molecule has 0 spiro atoms. The van der Waals surface area contributed by atoms with Crippen molar-refractivity contribution in [3.8, 4) is 11.6 Å². The summed E-state index contributed by atoms with van der Waals surface area (Å²) in [6, 6.07) is 12.2. The summed E-state index contributed by atoms with van der Waals surface area (Å²) in [5, 5.41) is 7.56. The van der Waals surface area contributed by atoms with Gasteiger partial charge >= 0.3 is 0 Å². The van der Waals surface area contributed by atoms with Crippen molar-refractivity contribution in [3.05, 3.63) is 65.6 Å². The zero-order valence-electron chi connectivity index (χ0n) is 16.8. The van der Waals surface area contributed by atoms with Gasteiger partial charge in [0.15, 0.2) is 9.84 Å². The zero-order valence-corrected chi connectivity index (χ0v) is 17.6. The Labute approximate surface area is 180 Å². The third kappa shape index (κ3) is 4.05. The summed E-state index contributed by atoms with van der Waals surface area (Å²) in [6.45, 7) is 0. The lowest BCUT2D eigenvalue weighted by molar-refractivity contribution is 0.101. The number of aromatic nitrogens is 3. The van der Waals surface area contributed by atoms with Crippen LogP contribution in [-0.4, -0.2) is 40.6 Å². The Hall–Kier alpha value is -3.20. The second kappa shape index (κ2) is 7.81. The van der Waals surface area contributed by atoms with Crippen LogP contribution in [0.1, 0.15) is 40.6 Å². The molecular weight excluding hydrogens is 416 g/mol. The number of pyridine rings is 1. The molecule has 31 heavy (non-hydrogen) atoms. The summed E-state index contributed by atoms with van der Waals surface area (Å²) in [6.07, 6.45) is 4.71. The number of nitrogens with one attached hydrogen (secondary N) is 1. The lowest BCUT2D eigenvalue weighted by atomic mass is 10.1. The molecule has 1 atom stereocenters. The number of hydrogen-bond donors (Lipinski definition) is 1. The highest BCUT2D eigenvalue weighted by Gasteiger charge is 2.35. The predicted molar refractivity (Wildman–Crippen MR) is 115 cm³/mol. The van der Waals surface area contributed by atoms with Crippen LogP contribution in [-0.2, 0) is 22.7 Å². The molecule has 1 fully saturated rings. The standard InChI is InChI=1S/C22H22N4O4S/c27-22(24-15-7-9-17(10-8-15)30-20-6-1-2-12-23-20)21-18-4-3-5-19(18)25-26(21)16-11-13-31(28,29)14-16/h1-2,6-10,12,16H,3-5,11,13-14H2,(H,24,27). The van der Waals surface area contributed by atoms with Crippen molar-refractivity contribution in [2.24, 2.45) is 0 Å². The fourth-order valence-electron chi connectivity index (χ4n) is 4.21. The lowest BCUT2D eigenvalue weighted by Crippen LogP contribution is -2.23. The minimum Gasteiger partial charge on any atom is -0.439 e. The number of aryl methyl sites for hydroxylation is 1. The van der Waals surface area contributed by atoms with Gasteiger partial charge in [-0.1, -0.05) is 6.07 Å². The van der Waals surface area contributed by atoms with Crippen molar-refractivity contribution in [1.29, 1.82) is 0 Å². The summed E-state index contributed by atoms with van der Waals surface area (Å²) in [7, 11) is -3.08. The number of carbonyl (C=O) groups is 1. The van der Waals surface area contributed by atoms with Crippen LogP contribution in [0.3, 0.4) is 0 Å². The van der Waals surface area contributed by atoms with Crippen LogP contribution in [0.5, 0.6) is 11.6 Å². The van der Waals surface area contributed by atoms with Crippen LogP contribution in [0.2, 0.25) is 0 Å². The number of hydrogen-bond acceptors (Lipinski definition) is 6. The number of fused-ring (bicyclic) bond motifs is 1. The van der Waals surface area contributed by atoms with Gasteiger partial charge in [-0.05, 0) is 56.0 Å². The Bertz CT molecular complexity index is 1220. The number of anilines is 1. The number of amides is 1. The molecule has 0 radical (unpaired) electrons. The molecule has 3 aromatic rings. The van der Waals surface area contributed by atoms with Crippen LogP contribution in [0, 0.1) is 0 Å². The first kappa shape index (κ1) is 19.7. The molecule has 0 bridgehead atoms. The number of sulfone groups is 1. The van der Waals surface area contributed by atoms with E-state index in [-0.39, 0.29) is 23.5 Å². The van der Waals surface area contributed by atoms with E-state index in [4.69, 9.17) is 4.74 Å². The molecule has 9 heteroatoms. The van der Waals surface area contributed by atoms with E-state index >= 15 is 0 Å². The topological polar surface area (TPSA) is 103 Å². The van der Waals surface area contributed by atoms with E-state index in [2.05, 4.69) is 15.4 Å². The van der Waals surface area contributed by atoms with Crippen molar-refractivity contribution >= 4 is 21.4 Å². The lowest BCUT2D eigenvalue weighted by Gasteiger charge is -2.15.